The maximum absolute atomic E-state index is 12.0. The molecule has 2 aromatic rings. The predicted octanol–water partition coefficient (Wildman–Crippen LogP) is 2.24. The molecule has 9 heteroatoms. The summed E-state index contributed by atoms with van der Waals surface area (Å²) in [5, 5.41) is 15.5. The lowest BCUT2D eigenvalue weighted by Crippen LogP contribution is -2.43. The fraction of sp³-hybridized carbons (Fsp3) is 0.261. The topological polar surface area (TPSA) is 133 Å². The Morgan fingerprint density at radius 3 is 2.62 bits per heavy atom. The largest absolute Gasteiger partial charge is 0.381 e. The van der Waals surface area contributed by atoms with Crippen LogP contribution in [0.2, 0.25) is 0 Å². The highest BCUT2D eigenvalue weighted by atomic mass is 16.1. The first kappa shape index (κ1) is 22.5. The summed E-state index contributed by atoms with van der Waals surface area (Å²) < 4.78 is 0. The number of aromatic nitrogens is 3. The Morgan fingerprint density at radius 1 is 1.28 bits per heavy atom. The molecular weight excluding hydrogens is 404 g/mol. The van der Waals surface area contributed by atoms with Gasteiger partial charge in [-0.2, -0.15) is 5.26 Å². The molecule has 0 unspecified atom stereocenters. The molecule has 1 aliphatic heterocycles. The van der Waals surface area contributed by atoms with Crippen molar-refractivity contribution in [1.82, 2.24) is 20.3 Å². The Hall–Kier alpha value is -4.19. The van der Waals surface area contributed by atoms with Crippen molar-refractivity contribution in [2.75, 3.05) is 23.3 Å². The number of anilines is 2. The monoisotopic (exact) mass is 430 g/mol. The van der Waals surface area contributed by atoms with Gasteiger partial charge in [-0.3, -0.25) is 4.79 Å². The quantitative estimate of drug-likeness (QED) is 0.429. The molecule has 2 aromatic heterocycles. The molecule has 1 amide bonds. The van der Waals surface area contributed by atoms with Gasteiger partial charge in [-0.1, -0.05) is 18.7 Å². The number of piperidine rings is 1. The Kier molecular flexibility index (Phi) is 7.54. The molecule has 0 radical (unpaired) electrons. The van der Waals surface area contributed by atoms with Crippen LogP contribution >= 0.6 is 0 Å². The third-order valence-corrected chi connectivity index (χ3v) is 5.04. The maximum atomic E-state index is 12.0. The number of nitrogens with zero attached hydrogens (tertiary/aromatic N) is 5. The predicted molar refractivity (Wildman–Crippen MR) is 123 cm³/mol. The second-order valence-corrected chi connectivity index (χ2v) is 7.34. The van der Waals surface area contributed by atoms with Crippen molar-refractivity contribution < 1.29 is 4.79 Å². The van der Waals surface area contributed by atoms with Crippen LogP contribution in [0, 0.1) is 11.3 Å². The van der Waals surface area contributed by atoms with Crippen LogP contribution in [0.1, 0.15) is 25.5 Å². The average Bonchev–Trinajstić information content (AvgIpc) is 2.80. The molecule has 32 heavy (non-hydrogen) atoms. The number of nitriles is 1. The van der Waals surface area contributed by atoms with E-state index in [4.69, 9.17) is 11.0 Å². The SMILES string of the molecule is C=C/C(C(N)=O)=C(\C=C(/C)Nc1ccccn1)NC1CCN(c2cnc(C#N)cn2)CC1. The molecule has 1 aliphatic rings. The summed E-state index contributed by atoms with van der Waals surface area (Å²) >= 11 is 0. The summed E-state index contributed by atoms with van der Waals surface area (Å²) in [6.45, 7) is 7.17. The zero-order valence-electron chi connectivity index (χ0n) is 18.0. The molecule has 0 saturated carbocycles. The van der Waals surface area contributed by atoms with Crippen molar-refractivity contribution in [1.29, 1.82) is 5.26 Å². The first-order valence-electron chi connectivity index (χ1n) is 10.3. The zero-order chi connectivity index (χ0) is 22.9. The van der Waals surface area contributed by atoms with Gasteiger partial charge in [0.05, 0.1) is 18.0 Å². The molecular formula is C23H26N8O. The number of carbonyl (C=O) groups is 1. The molecule has 3 heterocycles. The number of nitrogens with one attached hydrogen (secondary N) is 2. The van der Waals surface area contributed by atoms with Gasteiger partial charge in [0.25, 0.3) is 5.91 Å². The Bertz CT molecular complexity index is 1050. The second-order valence-electron chi connectivity index (χ2n) is 7.34. The van der Waals surface area contributed by atoms with E-state index in [1.807, 2.05) is 37.3 Å². The van der Waals surface area contributed by atoms with E-state index in [-0.39, 0.29) is 6.04 Å². The van der Waals surface area contributed by atoms with Crippen LogP contribution in [0.4, 0.5) is 11.6 Å². The minimum Gasteiger partial charge on any atom is -0.381 e. The number of carbonyl (C=O) groups excluding carboxylic acids is 1. The summed E-state index contributed by atoms with van der Waals surface area (Å²) in [5.74, 6) is 0.906. The second kappa shape index (κ2) is 10.7. The van der Waals surface area contributed by atoms with E-state index >= 15 is 0 Å². The van der Waals surface area contributed by atoms with Crippen LogP contribution in [0.5, 0.6) is 0 Å². The molecule has 0 aliphatic carbocycles. The lowest BCUT2D eigenvalue weighted by Gasteiger charge is -2.34. The van der Waals surface area contributed by atoms with Crippen LogP contribution in [-0.4, -0.2) is 40.0 Å². The average molecular weight is 431 g/mol. The van der Waals surface area contributed by atoms with Crippen LogP contribution in [0.15, 0.2) is 72.5 Å². The van der Waals surface area contributed by atoms with Crippen LogP contribution < -0.4 is 21.3 Å². The number of allylic oxidation sites excluding steroid dienone is 2. The van der Waals surface area contributed by atoms with Gasteiger partial charge in [0.2, 0.25) is 0 Å². The standard InChI is InChI=1S/C23H26N8O/c1-3-19(23(25)32)20(12-16(2)29-21-6-4-5-9-26-21)30-17-7-10-31(11-8-17)22-15-27-18(13-24)14-28-22/h3-6,9,12,14-15,17,30H,1,7-8,10-11H2,2H3,(H2,25,32)(H,26,29)/b16-12+,20-19-. The third-order valence-electron chi connectivity index (χ3n) is 5.04. The summed E-state index contributed by atoms with van der Waals surface area (Å²) in [6, 6.07) is 7.71. The van der Waals surface area contributed by atoms with Crippen LogP contribution in [0.3, 0.4) is 0 Å². The highest BCUT2D eigenvalue weighted by Gasteiger charge is 2.22. The van der Waals surface area contributed by atoms with Crippen molar-refractivity contribution in [3.05, 3.63) is 78.2 Å². The van der Waals surface area contributed by atoms with Crippen LogP contribution in [-0.2, 0) is 4.79 Å². The molecule has 1 saturated heterocycles. The summed E-state index contributed by atoms with van der Waals surface area (Å²) in [6.07, 6.45) is 9.77. The van der Waals surface area contributed by atoms with E-state index in [0.29, 0.717) is 22.8 Å². The molecule has 164 valence electrons. The molecule has 3 rings (SSSR count). The number of hydrogen-bond acceptors (Lipinski definition) is 8. The van der Waals surface area contributed by atoms with Crippen molar-refractivity contribution in [3.63, 3.8) is 0 Å². The van der Waals surface area contributed by atoms with Gasteiger partial charge < -0.3 is 21.3 Å². The van der Waals surface area contributed by atoms with E-state index in [9.17, 15) is 4.79 Å². The van der Waals surface area contributed by atoms with Gasteiger partial charge in [-0.25, -0.2) is 15.0 Å². The molecule has 0 bridgehead atoms. The van der Waals surface area contributed by atoms with Gasteiger partial charge in [-0.05, 0) is 38.0 Å². The first-order chi connectivity index (χ1) is 15.5. The normalized spacial score (nSPS) is 15.4. The smallest absolute Gasteiger partial charge is 0.250 e. The number of amides is 1. The summed E-state index contributed by atoms with van der Waals surface area (Å²) in [7, 11) is 0. The Labute approximate surface area is 187 Å². The lowest BCUT2D eigenvalue weighted by molar-refractivity contribution is -0.114. The molecule has 0 spiro atoms. The minimum atomic E-state index is -0.547. The van der Waals surface area contributed by atoms with Gasteiger partial charge in [0, 0.05) is 36.7 Å². The van der Waals surface area contributed by atoms with Gasteiger partial charge >= 0.3 is 0 Å². The van der Waals surface area contributed by atoms with Crippen molar-refractivity contribution in [2.24, 2.45) is 5.73 Å². The number of rotatable bonds is 8. The zero-order valence-corrected chi connectivity index (χ0v) is 18.0. The number of nitrogens with two attached hydrogens (primary N) is 1. The number of pyridine rings is 1. The Morgan fingerprint density at radius 2 is 2.06 bits per heavy atom. The molecule has 4 N–H and O–H groups in total. The van der Waals surface area contributed by atoms with E-state index < -0.39 is 5.91 Å². The molecule has 0 atom stereocenters. The highest BCUT2D eigenvalue weighted by Crippen LogP contribution is 2.19. The molecule has 1 fully saturated rings. The molecule has 0 aromatic carbocycles. The number of hydrogen-bond donors (Lipinski definition) is 3. The number of primary amides is 1. The first-order valence-corrected chi connectivity index (χ1v) is 10.3. The highest BCUT2D eigenvalue weighted by molar-refractivity contribution is 5.96. The fourth-order valence-electron chi connectivity index (χ4n) is 3.45. The van der Waals surface area contributed by atoms with Crippen molar-refractivity contribution in [3.8, 4) is 6.07 Å². The Balaban J connectivity index is 1.70. The van der Waals surface area contributed by atoms with Gasteiger partial charge in [-0.15, -0.1) is 0 Å². The maximum Gasteiger partial charge on any atom is 0.250 e. The van der Waals surface area contributed by atoms with E-state index in [2.05, 4.69) is 37.1 Å². The van der Waals surface area contributed by atoms with Gasteiger partial charge in [0.15, 0.2) is 5.69 Å². The third kappa shape index (κ3) is 5.92. The van der Waals surface area contributed by atoms with Gasteiger partial charge in [0.1, 0.15) is 17.7 Å². The van der Waals surface area contributed by atoms with Crippen molar-refractivity contribution >= 4 is 17.5 Å². The lowest BCUT2D eigenvalue weighted by atomic mass is 10.0. The summed E-state index contributed by atoms with van der Waals surface area (Å²) in [5.41, 5.74) is 7.63. The minimum absolute atomic E-state index is 0.140. The van der Waals surface area contributed by atoms with Crippen molar-refractivity contribution in [2.45, 2.75) is 25.8 Å². The van der Waals surface area contributed by atoms with E-state index in [1.54, 1.807) is 12.4 Å². The van der Waals surface area contributed by atoms with E-state index in [1.165, 1.54) is 12.3 Å². The van der Waals surface area contributed by atoms with E-state index in [0.717, 1.165) is 37.4 Å². The van der Waals surface area contributed by atoms with Crippen LogP contribution in [0.25, 0.3) is 0 Å². The summed E-state index contributed by atoms with van der Waals surface area (Å²) in [4.78, 5) is 26.8. The molecule has 9 nitrogen and oxygen atoms in total. The fourth-order valence-corrected chi connectivity index (χ4v) is 3.45.